The van der Waals surface area contributed by atoms with Gasteiger partial charge in [0.05, 0.1) is 5.75 Å². The summed E-state index contributed by atoms with van der Waals surface area (Å²) >= 11 is 1.78. The van der Waals surface area contributed by atoms with E-state index in [9.17, 15) is 9.59 Å². The number of nitrogens with zero attached hydrogens (tertiary/aromatic N) is 2. The molecule has 2 aromatic heterocycles. The Morgan fingerprint density at radius 3 is 2.70 bits per heavy atom. The van der Waals surface area contributed by atoms with Crippen molar-refractivity contribution in [2.75, 3.05) is 13.1 Å². The Hall–Kier alpha value is -2.73. The van der Waals surface area contributed by atoms with Gasteiger partial charge in [-0.2, -0.15) is 0 Å². The summed E-state index contributed by atoms with van der Waals surface area (Å²) < 4.78 is 7.76. The van der Waals surface area contributed by atoms with Gasteiger partial charge in [0, 0.05) is 43.1 Å². The van der Waals surface area contributed by atoms with Crippen molar-refractivity contribution in [1.82, 2.24) is 9.47 Å². The third kappa shape index (κ3) is 3.84. The molecule has 0 aliphatic carbocycles. The SMILES string of the molecule is O=C(c1ccc(CSCc2ccccc2)o1)N1CC2CC(C1)c1cccc(=O)n1C2. The number of benzene rings is 1. The maximum Gasteiger partial charge on any atom is 0.289 e. The number of amides is 1. The van der Waals surface area contributed by atoms with Crippen LogP contribution in [0.15, 0.2) is 69.9 Å². The number of carbonyl (C=O) groups is 1. The smallest absolute Gasteiger partial charge is 0.289 e. The standard InChI is InChI=1S/C24H24N2O3S/c27-23-8-4-7-21-19-11-18(13-26(21)23)12-25(14-19)24(28)22-10-9-20(29-22)16-30-15-17-5-2-1-3-6-17/h1-10,18-19H,11-16H2. The lowest BCUT2D eigenvalue weighted by Gasteiger charge is -2.42. The number of aromatic nitrogens is 1. The molecule has 0 radical (unpaired) electrons. The van der Waals surface area contributed by atoms with Gasteiger partial charge in [-0.1, -0.05) is 36.4 Å². The van der Waals surface area contributed by atoms with Gasteiger partial charge < -0.3 is 13.9 Å². The molecule has 1 amide bonds. The molecule has 154 valence electrons. The monoisotopic (exact) mass is 420 g/mol. The van der Waals surface area contributed by atoms with E-state index in [2.05, 4.69) is 12.1 Å². The Balaban J connectivity index is 1.23. The molecule has 2 bridgehead atoms. The summed E-state index contributed by atoms with van der Waals surface area (Å²) in [6, 6.07) is 19.5. The highest BCUT2D eigenvalue weighted by atomic mass is 32.2. The number of hydrogen-bond donors (Lipinski definition) is 0. The number of furan rings is 1. The molecular weight excluding hydrogens is 396 g/mol. The van der Waals surface area contributed by atoms with Gasteiger partial charge in [0.1, 0.15) is 5.76 Å². The van der Waals surface area contributed by atoms with E-state index in [0.29, 0.717) is 31.3 Å². The van der Waals surface area contributed by atoms with Gasteiger partial charge in [-0.25, -0.2) is 0 Å². The second-order valence-electron chi connectivity index (χ2n) is 8.15. The van der Waals surface area contributed by atoms with Crippen molar-refractivity contribution in [3.63, 3.8) is 0 Å². The first-order chi connectivity index (χ1) is 14.7. The van der Waals surface area contributed by atoms with Gasteiger partial charge in [0.2, 0.25) is 0 Å². The van der Waals surface area contributed by atoms with Crippen molar-refractivity contribution in [2.45, 2.75) is 30.4 Å². The van der Waals surface area contributed by atoms with Crippen molar-refractivity contribution >= 4 is 17.7 Å². The van der Waals surface area contributed by atoms with Gasteiger partial charge in [-0.15, -0.1) is 11.8 Å². The second kappa shape index (κ2) is 8.19. The minimum atomic E-state index is -0.0456. The molecule has 0 N–H and O–H groups in total. The minimum Gasteiger partial charge on any atom is -0.455 e. The van der Waals surface area contributed by atoms with Gasteiger partial charge in [-0.05, 0) is 36.1 Å². The fourth-order valence-electron chi connectivity index (χ4n) is 4.63. The lowest BCUT2D eigenvalue weighted by atomic mass is 9.83. The van der Waals surface area contributed by atoms with Crippen LogP contribution >= 0.6 is 11.8 Å². The number of piperidine rings is 1. The first kappa shape index (κ1) is 19.2. The Morgan fingerprint density at radius 1 is 0.967 bits per heavy atom. The summed E-state index contributed by atoms with van der Waals surface area (Å²) in [5.41, 5.74) is 2.39. The topological polar surface area (TPSA) is 55.5 Å². The van der Waals surface area contributed by atoms with Crippen molar-refractivity contribution < 1.29 is 9.21 Å². The van der Waals surface area contributed by atoms with Crippen molar-refractivity contribution in [3.05, 3.63) is 93.8 Å². The summed E-state index contributed by atoms with van der Waals surface area (Å²) in [6.45, 7) is 2.00. The number of fused-ring (bicyclic) bond motifs is 4. The zero-order chi connectivity index (χ0) is 20.5. The highest BCUT2D eigenvalue weighted by Crippen LogP contribution is 2.35. The Kier molecular flexibility index (Phi) is 5.25. The fourth-order valence-corrected chi connectivity index (χ4v) is 5.52. The molecule has 2 atom stereocenters. The first-order valence-corrected chi connectivity index (χ1v) is 11.5. The van der Waals surface area contributed by atoms with E-state index in [-0.39, 0.29) is 17.4 Å². The molecule has 1 aromatic carbocycles. The van der Waals surface area contributed by atoms with Crippen LogP contribution < -0.4 is 5.56 Å². The normalized spacial score (nSPS) is 20.1. The van der Waals surface area contributed by atoms with Crippen LogP contribution in [0.2, 0.25) is 0 Å². The van der Waals surface area contributed by atoms with Crippen LogP contribution in [0.1, 0.15) is 39.9 Å². The maximum atomic E-state index is 13.1. The van der Waals surface area contributed by atoms with Crippen molar-refractivity contribution in [1.29, 1.82) is 0 Å². The molecule has 1 saturated heterocycles. The predicted molar refractivity (Wildman–Crippen MR) is 118 cm³/mol. The molecule has 2 aliphatic heterocycles. The number of thioether (sulfide) groups is 1. The van der Waals surface area contributed by atoms with Gasteiger partial charge in [0.25, 0.3) is 11.5 Å². The highest BCUT2D eigenvalue weighted by Gasteiger charge is 2.37. The van der Waals surface area contributed by atoms with E-state index in [1.54, 1.807) is 23.9 Å². The molecule has 2 aliphatic rings. The van der Waals surface area contributed by atoms with Crippen LogP contribution in [0.25, 0.3) is 0 Å². The van der Waals surface area contributed by atoms with E-state index in [0.717, 1.165) is 29.4 Å². The number of hydrogen-bond acceptors (Lipinski definition) is 4. The van der Waals surface area contributed by atoms with Gasteiger partial charge >= 0.3 is 0 Å². The average Bonchev–Trinajstić information content (AvgIpc) is 3.23. The number of pyridine rings is 1. The number of likely N-dealkylation sites (tertiary alicyclic amines) is 1. The highest BCUT2D eigenvalue weighted by molar-refractivity contribution is 7.97. The molecule has 0 saturated carbocycles. The molecule has 5 rings (SSSR count). The summed E-state index contributed by atoms with van der Waals surface area (Å²) in [4.78, 5) is 27.2. The summed E-state index contributed by atoms with van der Waals surface area (Å²) in [7, 11) is 0. The quantitative estimate of drug-likeness (QED) is 0.623. The third-order valence-electron chi connectivity index (χ3n) is 6.00. The van der Waals surface area contributed by atoms with E-state index >= 15 is 0 Å². The summed E-state index contributed by atoms with van der Waals surface area (Å²) in [5, 5.41) is 0. The van der Waals surface area contributed by atoms with E-state index in [1.165, 1.54) is 5.56 Å². The van der Waals surface area contributed by atoms with E-state index in [1.807, 2.05) is 45.9 Å². The summed E-state index contributed by atoms with van der Waals surface area (Å²) in [5.74, 6) is 3.38. The fraction of sp³-hybridized carbons (Fsp3) is 0.333. The molecule has 6 heteroatoms. The molecular formula is C24H24N2O3S. The Morgan fingerprint density at radius 2 is 1.83 bits per heavy atom. The molecule has 4 heterocycles. The zero-order valence-corrected chi connectivity index (χ0v) is 17.5. The molecule has 3 aromatic rings. The molecule has 2 unspecified atom stereocenters. The van der Waals surface area contributed by atoms with Crippen LogP contribution in [-0.4, -0.2) is 28.5 Å². The Bertz CT molecular complexity index is 1100. The maximum absolute atomic E-state index is 13.1. The van der Waals surface area contributed by atoms with Gasteiger partial charge in [0.15, 0.2) is 5.76 Å². The lowest BCUT2D eigenvalue weighted by Crippen LogP contribution is -2.49. The first-order valence-electron chi connectivity index (χ1n) is 10.4. The second-order valence-corrected chi connectivity index (χ2v) is 9.14. The largest absolute Gasteiger partial charge is 0.455 e. The van der Waals surface area contributed by atoms with Crippen LogP contribution in [-0.2, 0) is 18.1 Å². The van der Waals surface area contributed by atoms with Crippen LogP contribution in [0.4, 0.5) is 0 Å². The van der Waals surface area contributed by atoms with Crippen molar-refractivity contribution in [3.8, 4) is 0 Å². The average molecular weight is 421 g/mol. The third-order valence-corrected chi connectivity index (χ3v) is 7.02. The predicted octanol–water partition coefficient (Wildman–Crippen LogP) is 4.13. The molecule has 0 spiro atoms. The molecule has 1 fully saturated rings. The number of carbonyl (C=O) groups excluding carboxylic acids is 1. The van der Waals surface area contributed by atoms with Crippen molar-refractivity contribution in [2.24, 2.45) is 5.92 Å². The van der Waals surface area contributed by atoms with Crippen LogP contribution in [0, 0.1) is 5.92 Å². The van der Waals surface area contributed by atoms with Gasteiger partial charge in [-0.3, -0.25) is 9.59 Å². The zero-order valence-electron chi connectivity index (χ0n) is 16.7. The molecule has 5 nitrogen and oxygen atoms in total. The van der Waals surface area contributed by atoms with E-state index in [4.69, 9.17) is 4.42 Å². The van der Waals surface area contributed by atoms with Crippen LogP contribution in [0.5, 0.6) is 0 Å². The van der Waals surface area contributed by atoms with E-state index < -0.39 is 0 Å². The minimum absolute atomic E-state index is 0.0456. The lowest BCUT2D eigenvalue weighted by molar-refractivity contribution is 0.0562. The molecule has 30 heavy (non-hydrogen) atoms. The summed E-state index contributed by atoms with van der Waals surface area (Å²) in [6.07, 6.45) is 1.03. The number of rotatable bonds is 5. The van der Waals surface area contributed by atoms with Crippen LogP contribution in [0.3, 0.4) is 0 Å². The Labute approximate surface area is 179 Å².